The Labute approximate surface area is 222 Å². The molecule has 0 aliphatic carbocycles. The van der Waals surface area contributed by atoms with E-state index in [1.165, 1.54) is 0 Å². The van der Waals surface area contributed by atoms with Crippen LogP contribution in [-0.2, 0) is 21.2 Å². The van der Waals surface area contributed by atoms with E-state index in [-0.39, 0.29) is 24.0 Å². The summed E-state index contributed by atoms with van der Waals surface area (Å²) in [6.07, 6.45) is -0.343. The minimum absolute atomic E-state index is 0.0342. The Bertz CT molecular complexity index is 1350. The molecule has 0 saturated carbocycles. The van der Waals surface area contributed by atoms with Crippen molar-refractivity contribution in [2.24, 2.45) is 0 Å². The van der Waals surface area contributed by atoms with E-state index in [1.807, 2.05) is 62.4 Å². The lowest BCUT2D eigenvalue weighted by molar-refractivity contribution is -0.140. The number of amides is 1. The third-order valence-corrected chi connectivity index (χ3v) is 8.64. The Balaban J connectivity index is 1.56. The highest BCUT2D eigenvalue weighted by atomic mass is 35.5. The lowest BCUT2D eigenvalue weighted by Gasteiger charge is -2.31. The van der Waals surface area contributed by atoms with Crippen LogP contribution in [0.25, 0.3) is 11.1 Å². The third kappa shape index (κ3) is 6.41. The predicted molar refractivity (Wildman–Crippen MR) is 146 cm³/mol. The fourth-order valence-electron chi connectivity index (χ4n) is 4.61. The molecule has 3 aromatic carbocycles. The number of benzene rings is 3. The van der Waals surface area contributed by atoms with Gasteiger partial charge in [-0.05, 0) is 73.7 Å². The van der Waals surface area contributed by atoms with Crippen molar-refractivity contribution in [2.45, 2.75) is 45.9 Å². The van der Waals surface area contributed by atoms with E-state index in [0.29, 0.717) is 22.2 Å². The molecule has 1 heterocycles. The van der Waals surface area contributed by atoms with Crippen LogP contribution in [-0.4, -0.2) is 42.9 Å². The van der Waals surface area contributed by atoms with Gasteiger partial charge in [-0.25, -0.2) is 8.42 Å². The van der Waals surface area contributed by atoms with Gasteiger partial charge in [-0.3, -0.25) is 4.79 Å². The molecule has 1 aliphatic heterocycles. The van der Waals surface area contributed by atoms with E-state index in [0.717, 1.165) is 27.8 Å². The number of halogens is 2. The number of hydrogen-bond donors (Lipinski definition) is 0. The monoisotopic (exact) mass is 545 g/mol. The van der Waals surface area contributed by atoms with Crippen LogP contribution >= 0.6 is 23.2 Å². The van der Waals surface area contributed by atoms with Crippen LogP contribution in [0.2, 0.25) is 10.0 Å². The van der Waals surface area contributed by atoms with Crippen LogP contribution in [0, 0.1) is 13.8 Å². The smallest absolute Gasteiger partial charge is 0.263 e. The van der Waals surface area contributed by atoms with Crippen molar-refractivity contribution in [3.63, 3.8) is 0 Å². The van der Waals surface area contributed by atoms with E-state index in [1.54, 1.807) is 24.0 Å². The summed E-state index contributed by atoms with van der Waals surface area (Å²) in [6, 6.07) is 18.5. The Morgan fingerprint density at radius 3 is 2.28 bits per heavy atom. The molecule has 4 rings (SSSR count). The van der Waals surface area contributed by atoms with E-state index >= 15 is 0 Å². The van der Waals surface area contributed by atoms with Crippen molar-refractivity contribution >= 4 is 38.9 Å². The van der Waals surface area contributed by atoms with Crippen LogP contribution in [0.5, 0.6) is 5.75 Å². The summed E-state index contributed by atoms with van der Waals surface area (Å²) < 4.78 is 30.4. The van der Waals surface area contributed by atoms with Crippen LogP contribution in [0.1, 0.15) is 30.0 Å². The summed E-state index contributed by atoms with van der Waals surface area (Å²) in [5.74, 6) is 0.438. The highest BCUT2D eigenvalue weighted by molar-refractivity contribution is 7.91. The molecule has 36 heavy (non-hydrogen) atoms. The molecule has 8 heteroatoms. The van der Waals surface area contributed by atoms with Crippen LogP contribution < -0.4 is 4.74 Å². The normalized spacial score (nSPS) is 17.5. The molecule has 3 aromatic rings. The highest BCUT2D eigenvalue weighted by Gasteiger charge is 2.36. The largest absolute Gasteiger partial charge is 0.481 e. The number of sulfone groups is 1. The zero-order valence-corrected chi connectivity index (χ0v) is 22.8. The van der Waals surface area contributed by atoms with E-state index in [9.17, 15) is 13.2 Å². The van der Waals surface area contributed by atoms with E-state index in [2.05, 4.69) is 0 Å². The lowest BCUT2D eigenvalue weighted by atomic mass is 10.0. The van der Waals surface area contributed by atoms with Crippen LogP contribution in [0.4, 0.5) is 0 Å². The van der Waals surface area contributed by atoms with Gasteiger partial charge in [-0.1, -0.05) is 59.6 Å². The number of rotatable bonds is 7. The van der Waals surface area contributed by atoms with Crippen molar-refractivity contribution in [1.82, 2.24) is 4.90 Å². The molecular formula is C28H29Cl2NO4S. The van der Waals surface area contributed by atoms with Gasteiger partial charge in [0.2, 0.25) is 0 Å². The molecule has 0 radical (unpaired) electrons. The number of carbonyl (C=O) groups is 1. The zero-order chi connectivity index (χ0) is 26.0. The first kappa shape index (κ1) is 26.5. The van der Waals surface area contributed by atoms with Gasteiger partial charge in [0, 0.05) is 28.2 Å². The van der Waals surface area contributed by atoms with Gasteiger partial charge in [0.25, 0.3) is 5.91 Å². The molecule has 0 spiro atoms. The first-order valence-electron chi connectivity index (χ1n) is 11.8. The molecule has 1 aliphatic rings. The van der Waals surface area contributed by atoms with Gasteiger partial charge in [0.1, 0.15) is 5.75 Å². The molecule has 190 valence electrons. The molecule has 2 unspecified atom stereocenters. The van der Waals surface area contributed by atoms with Gasteiger partial charge < -0.3 is 9.64 Å². The number of aryl methyl sites for hydroxylation is 2. The Morgan fingerprint density at radius 1 is 1.03 bits per heavy atom. The SMILES string of the molecule is Cc1cc(C)cc(OC(C)C(=O)N(Cc2ccc(-c3ccc(Cl)cc3Cl)cc2)C2CCS(=O)(=O)C2)c1. The fraction of sp³-hybridized carbons (Fsp3) is 0.321. The van der Waals surface area contributed by atoms with E-state index < -0.39 is 22.0 Å². The number of carbonyl (C=O) groups excluding carboxylic acids is 1. The Hall–Kier alpha value is -2.54. The minimum atomic E-state index is -3.17. The first-order chi connectivity index (χ1) is 17.0. The molecule has 1 saturated heterocycles. The summed E-state index contributed by atoms with van der Waals surface area (Å²) in [5, 5.41) is 1.12. The Kier molecular flexibility index (Phi) is 7.98. The first-order valence-corrected chi connectivity index (χ1v) is 14.4. The van der Waals surface area contributed by atoms with E-state index in [4.69, 9.17) is 27.9 Å². The summed E-state index contributed by atoms with van der Waals surface area (Å²) in [4.78, 5) is 15.2. The highest BCUT2D eigenvalue weighted by Crippen LogP contribution is 2.31. The molecule has 2 atom stereocenters. The van der Waals surface area contributed by atoms with Gasteiger partial charge in [0.05, 0.1) is 11.5 Å². The van der Waals surface area contributed by atoms with Crippen molar-refractivity contribution in [1.29, 1.82) is 0 Å². The van der Waals surface area contributed by atoms with Gasteiger partial charge in [-0.2, -0.15) is 0 Å². The Morgan fingerprint density at radius 2 is 1.69 bits per heavy atom. The molecule has 1 fully saturated rings. The maximum Gasteiger partial charge on any atom is 0.263 e. The minimum Gasteiger partial charge on any atom is -0.481 e. The molecular weight excluding hydrogens is 517 g/mol. The van der Waals surface area contributed by atoms with Crippen molar-refractivity contribution in [3.8, 4) is 16.9 Å². The van der Waals surface area contributed by atoms with Crippen LogP contribution in [0.15, 0.2) is 60.7 Å². The number of nitrogens with zero attached hydrogens (tertiary/aromatic N) is 1. The third-order valence-electron chi connectivity index (χ3n) is 6.34. The number of ether oxygens (including phenoxy) is 1. The van der Waals surface area contributed by atoms with Gasteiger partial charge in [0.15, 0.2) is 15.9 Å². The van der Waals surface area contributed by atoms with Gasteiger partial charge in [-0.15, -0.1) is 0 Å². The topological polar surface area (TPSA) is 63.7 Å². The molecule has 5 nitrogen and oxygen atoms in total. The summed E-state index contributed by atoms with van der Waals surface area (Å²) in [7, 11) is -3.17. The fourth-order valence-corrected chi connectivity index (χ4v) is 6.86. The quantitative estimate of drug-likeness (QED) is 0.351. The predicted octanol–water partition coefficient (Wildman–Crippen LogP) is 6.26. The molecule has 0 N–H and O–H groups in total. The maximum atomic E-state index is 13.6. The second-order valence-electron chi connectivity index (χ2n) is 9.43. The summed E-state index contributed by atoms with van der Waals surface area (Å²) in [6.45, 7) is 5.95. The maximum absolute atomic E-state index is 13.6. The second-order valence-corrected chi connectivity index (χ2v) is 12.5. The van der Waals surface area contributed by atoms with Gasteiger partial charge >= 0.3 is 0 Å². The van der Waals surface area contributed by atoms with Crippen molar-refractivity contribution in [2.75, 3.05) is 11.5 Å². The standard InChI is InChI=1S/C28H29Cl2NO4S/c1-18-12-19(2)14-25(13-18)35-20(3)28(32)31(24-10-11-36(33,34)17-24)16-21-4-6-22(7-5-21)26-9-8-23(29)15-27(26)30/h4-9,12-15,20,24H,10-11,16-17H2,1-3H3. The van der Waals surface area contributed by atoms with Crippen LogP contribution in [0.3, 0.4) is 0 Å². The summed E-state index contributed by atoms with van der Waals surface area (Å²) in [5.41, 5.74) is 4.76. The average Bonchev–Trinajstić information content (AvgIpc) is 3.16. The molecule has 0 aromatic heterocycles. The van der Waals surface area contributed by atoms with Crippen molar-refractivity contribution < 1.29 is 17.9 Å². The van der Waals surface area contributed by atoms with Crippen molar-refractivity contribution in [3.05, 3.63) is 87.4 Å². The molecule has 0 bridgehead atoms. The zero-order valence-electron chi connectivity index (χ0n) is 20.5. The average molecular weight is 547 g/mol. The summed E-state index contributed by atoms with van der Waals surface area (Å²) >= 11 is 12.4. The second kappa shape index (κ2) is 10.8. The number of hydrogen-bond acceptors (Lipinski definition) is 4. The lowest BCUT2D eigenvalue weighted by Crippen LogP contribution is -2.46. The molecule has 1 amide bonds.